The summed E-state index contributed by atoms with van der Waals surface area (Å²) in [7, 11) is 0. The Morgan fingerprint density at radius 3 is 2.63 bits per heavy atom. The van der Waals surface area contributed by atoms with E-state index in [2.05, 4.69) is 19.1 Å². The van der Waals surface area contributed by atoms with E-state index in [0.717, 1.165) is 13.0 Å². The lowest BCUT2D eigenvalue weighted by molar-refractivity contribution is -0.134. The minimum Gasteiger partial charge on any atom is -0.335 e. The molecular formula is C16H24N2O. The van der Waals surface area contributed by atoms with Gasteiger partial charge in [-0.1, -0.05) is 30.3 Å². The second-order valence-corrected chi connectivity index (χ2v) is 5.48. The fraction of sp³-hybridized carbons (Fsp3) is 0.562. The molecule has 2 N–H and O–H groups in total. The highest BCUT2D eigenvalue weighted by Gasteiger charge is 2.33. The van der Waals surface area contributed by atoms with E-state index in [0.29, 0.717) is 24.9 Å². The maximum atomic E-state index is 12.4. The van der Waals surface area contributed by atoms with Gasteiger partial charge in [-0.3, -0.25) is 4.79 Å². The van der Waals surface area contributed by atoms with Gasteiger partial charge in [-0.05, 0) is 44.2 Å². The number of benzene rings is 1. The predicted molar refractivity (Wildman–Crippen MR) is 77.5 cm³/mol. The molecule has 0 aliphatic heterocycles. The molecule has 0 aromatic heterocycles. The summed E-state index contributed by atoms with van der Waals surface area (Å²) in [5.74, 6) is 0.944. The van der Waals surface area contributed by atoms with Crippen LogP contribution in [0, 0.1) is 5.92 Å². The van der Waals surface area contributed by atoms with Gasteiger partial charge in [0.25, 0.3) is 0 Å². The maximum absolute atomic E-state index is 12.4. The standard InChI is InChI=1S/C16H24N2O/c1-13(15-9-10-15)18(16(19)8-5-11-17)12-14-6-3-2-4-7-14/h2-4,6-7,13,15H,5,8-12,17H2,1H3. The molecule has 1 amide bonds. The molecule has 0 saturated heterocycles. The summed E-state index contributed by atoms with van der Waals surface area (Å²) in [6.45, 7) is 3.49. The minimum atomic E-state index is 0.244. The molecule has 1 unspecified atom stereocenters. The molecule has 2 rings (SSSR count). The van der Waals surface area contributed by atoms with E-state index >= 15 is 0 Å². The van der Waals surface area contributed by atoms with Crippen LogP contribution in [0.5, 0.6) is 0 Å². The molecule has 104 valence electrons. The van der Waals surface area contributed by atoms with Crippen molar-refractivity contribution in [2.75, 3.05) is 6.54 Å². The van der Waals surface area contributed by atoms with Gasteiger partial charge in [-0.2, -0.15) is 0 Å². The Morgan fingerprint density at radius 2 is 2.05 bits per heavy atom. The second kappa shape index (κ2) is 6.71. The van der Waals surface area contributed by atoms with E-state index in [-0.39, 0.29) is 5.91 Å². The first-order chi connectivity index (χ1) is 9.22. The zero-order chi connectivity index (χ0) is 13.7. The molecule has 1 aromatic rings. The van der Waals surface area contributed by atoms with E-state index in [1.165, 1.54) is 18.4 Å². The van der Waals surface area contributed by atoms with Crippen molar-refractivity contribution in [2.24, 2.45) is 11.7 Å². The summed E-state index contributed by atoms with van der Waals surface area (Å²) in [4.78, 5) is 14.4. The third-order valence-electron chi connectivity index (χ3n) is 3.91. The monoisotopic (exact) mass is 260 g/mol. The van der Waals surface area contributed by atoms with Crippen molar-refractivity contribution in [3.8, 4) is 0 Å². The van der Waals surface area contributed by atoms with Crippen LogP contribution in [0.15, 0.2) is 30.3 Å². The van der Waals surface area contributed by atoms with Gasteiger partial charge in [0.05, 0.1) is 0 Å². The molecule has 19 heavy (non-hydrogen) atoms. The van der Waals surface area contributed by atoms with Crippen molar-refractivity contribution in [1.82, 2.24) is 4.90 Å². The Kier molecular flexibility index (Phi) is 4.97. The van der Waals surface area contributed by atoms with Gasteiger partial charge in [-0.15, -0.1) is 0 Å². The van der Waals surface area contributed by atoms with Gasteiger partial charge in [0.2, 0.25) is 5.91 Å². The summed E-state index contributed by atoms with van der Waals surface area (Å²) in [5.41, 5.74) is 6.71. The summed E-state index contributed by atoms with van der Waals surface area (Å²) in [6.07, 6.45) is 3.87. The van der Waals surface area contributed by atoms with Crippen molar-refractivity contribution in [3.63, 3.8) is 0 Å². The lowest BCUT2D eigenvalue weighted by Crippen LogP contribution is -2.39. The fourth-order valence-electron chi connectivity index (χ4n) is 2.47. The van der Waals surface area contributed by atoms with Gasteiger partial charge in [0.15, 0.2) is 0 Å². The third-order valence-corrected chi connectivity index (χ3v) is 3.91. The Labute approximate surface area is 115 Å². The van der Waals surface area contributed by atoms with Crippen LogP contribution in [0.2, 0.25) is 0 Å². The first kappa shape index (κ1) is 14.1. The molecule has 3 heteroatoms. The zero-order valence-electron chi connectivity index (χ0n) is 11.7. The van der Waals surface area contributed by atoms with Gasteiger partial charge in [-0.25, -0.2) is 0 Å². The van der Waals surface area contributed by atoms with E-state index < -0.39 is 0 Å². The smallest absolute Gasteiger partial charge is 0.223 e. The molecule has 0 radical (unpaired) electrons. The number of hydrogen-bond acceptors (Lipinski definition) is 2. The number of nitrogens with zero attached hydrogens (tertiary/aromatic N) is 1. The van der Waals surface area contributed by atoms with Crippen LogP contribution in [0.25, 0.3) is 0 Å². The van der Waals surface area contributed by atoms with Gasteiger partial charge in [0, 0.05) is 19.0 Å². The first-order valence-electron chi connectivity index (χ1n) is 7.26. The van der Waals surface area contributed by atoms with Crippen molar-refractivity contribution in [2.45, 2.75) is 45.2 Å². The number of amides is 1. The highest BCUT2D eigenvalue weighted by Crippen LogP contribution is 2.35. The molecule has 1 aliphatic carbocycles. The molecule has 0 heterocycles. The largest absolute Gasteiger partial charge is 0.335 e. The van der Waals surface area contributed by atoms with Gasteiger partial charge < -0.3 is 10.6 Å². The number of carbonyl (C=O) groups excluding carboxylic acids is 1. The van der Waals surface area contributed by atoms with Crippen molar-refractivity contribution < 1.29 is 4.79 Å². The molecule has 1 aliphatic rings. The van der Waals surface area contributed by atoms with Crippen LogP contribution in [0.3, 0.4) is 0 Å². The predicted octanol–water partition coefficient (Wildman–Crippen LogP) is 2.55. The van der Waals surface area contributed by atoms with Crippen LogP contribution in [-0.2, 0) is 11.3 Å². The lowest BCUT2D eigenvalue weighted by atomic mass is 10.1. The second-order valence-electron chi connectivity index (χ2n) is 5.48. The topological polar surface area (TPSA) is 46.3 Å². The van der Waals surface area contributed by atoms with Crippen LogP contribution in [-0.4, -0.2) is 23.4 Å². The average molecular weight is 260 g/mol. The van der Waals surface area contributed by atoms with Crippen molar-refractivity contribution >= 4 is 5.91 Å². The molecule has 1 aromatic carbocycles. The van der Waals surface area contributed by atoms with E-state index in [1.807, 2.05) is 23.1 Å². The highest BCUT2D eigenvalue weighted by molar-refractivity contribution is 5.76. The minimum absolute atomic E-state index is 0.244. The Hall–Kier alpha value is -1.35. The number of rotatable bonds is 7. The number of hydrogen-bond donors (Lipinski definition) is 1. The summed E-state index contributed by atoms with van der Waals surface area (Å²) in [5, 5.41) is 0. The van der Waals surface area contributed by atoms with Crippen molar-refractivity contribution in [1.29, 1.82) is 0 Å². The van der Waals surface area contributed by atoms with E-state index in [1.54, 1.807) is 0 Å². The molecule has 1 saturated carbocycles. The molecule has 0 spiro atoms. The van der Waals surface area contributed by atoms with E-state index in [4.69, 9.17) is 5.73 Å². The van der Waals surface area contributed by atoms with Crippen LogP contribution < -0.4 is 5.73 Å². The molecule has 0 bridgehead atoms. The van der Waals surface area contributed by atoms with Crippen LogP contribution in [0.4, 0.5) is 0 Å². The zero-order valence-corrected chi connectivity index (χ0v) is 11.7. The maximum Gasteiger partial charge on any atom is 0.223 e. The lowest BCUT2D eigenvalue weighted by Gasteiger charge is -2.29. The molecule has 1 fully saturated rings. The Bertz CT molecular complexity index is 400. The normalized spacial score (nSPS) is 16.1. The summed E-state index contributed by atoms with van der Waals surface area (Å²) in [6, 6.07) is 10.6. The first-order valence-corrected chi connectivity index (χ1v) is 7.26. The van der Waals surface area contributed by atoms with Gasteiger partial charge >= 0.3 is 0 Å². The molecule has 3 nitrogen and oxygen atoms in total. The van der Waals surface area contributed by atoms with Crippen molar-refractivity contribution in [3.05, 3.63) is 35.9 Å². The van der Waals surface area contributed by atoms with Crippen LogP contribution >= 0.6 is 0 Å². The Morgan fingerprint density at radius 1 is 1.37 bits per heavy atom. The average Bonchev–Trinajstić information content (AvgIpc) is 3.27. The number of nitrogens with two attached hydrogens (primary N) is 1. The summed E-state index contributed by atoms with van der Waals surface area (Å²) < 4.78 is 0. The quantitative estimate of drug-likeness (QED) is 0.819. The Balaban J connectivity index is 2.02. The summed E-state index contributed by atoms with van der Waals surface area (Å²) >= 11 is 0. The molecule has 1 atom stereocenters. The number of carbonyl (C=O) groups is 1. The van der Waals surface area contributed by atoms with Gasteiger partial charge in [0.1, 0.15) is 0 Å². The third kappa shape index (κ3) is 4.06. The molecular weight excluding hydrogens is 236 g/mol. The van der Waals surface area contributed by atoms with Crippen LogP contribution in [0.1, 0.15) is 38.2 Å². The van der Waals surface area contributed by atoms with E-state index in [9.17, 15) is 4.79 Å². The highest BCUT2D eigenvalue weighted by atomic mass is 16.2. The fourth-order valence-corrected chi connectivity index (χ4v) is 2.47. The SMILES string of the molecule is CC(C1CC1)N(Cc1ccccc1)C(=O)CCCN.